The van der Waals surface area contributed by atoms with Crippen LogP contribution in [0.1, 0.15) is 54.0 Å². The average molecular weight is 420 g/mol. The Morgan fingerprint density at radius 2 is 1.94 bits per heavy atom. The number of amides is 1. The van der Waals surface area contributed by atoms with Crippen molar-refractivity contribution in [2.24, 2.45) is 20.0 Å². The van der Waals surface area contributed by atoms with Crippen LogP contribution in [0, 0.1) is 19.8 Å². The Morgan fingerprint density at radius 3 is 2.58 bits per heavy atom. The van der Waals surface area contributed by atoms with Crippen LogP contribution in [0.25, 0.3) is 22.3 Å². The number of nitrogens with zero attached hydrogens (tertiary/aromatic N) is 5. The molecule has 2 N–H and O–H groups in total. The number of carbonyl (C=O) groups excluding carboxylic acids is 1. The minimum absolute atomic E-state index is 0.198. The second kappa shape index (κ2) is 8.02. The lowest BCUT2D eigenvalue weighted by atomic mass is 10.0. The maximum Gasteiger partial charge on any atom is 0.269 e. The van der Waals surface area contributed by atoms with Gasteiger partial charge in [-0.2, -0.15) is 10.2 Å². The molecule has 0 bridgehead atoms. The van der Waals surface area contributed by atoms with Gasteiger partial charge in [0.25, 0.3) is 5.91 Å². The van der Waals surface area contributed by atoms with Crippen molar-refractivity contribution in [1.82, 2.24) is 34.8 Å². The van der Waals surface area contributed by atoms with Gasteiger partial charge in [0.15, 0.2) is 0 Å². The lowest BCUT2D eigenvalue weighted by Gasteiger charge is -2.20. The van der Waals surface area contributed by atoms with E-state index in [1.54, 1.807) is 6.07 Å². The molecule has 4 rings (SSSR count). The molecule has 1 aromatic carbocycles. The molecule has 0 spiro atoms. The van der Waals surface area contributed by atoms with E-state index < -0.39 is 0 Å². The standard InChI is InChI=1S/C23H29N7O/c1-13(2)11-18(22-24-16-9-7-8-10-20(16)29(22)5)25-23(31)19-12-17(26-27-19)21-14(3)28-30(6)15(21)4/h7-10,12-13,18H,11H2,1-6H3,(H,25,31)(H,26,27). The normalized spacial score (nSPS) is 12.6. The SMILES string of the molecule is Cc1nn(C)c(C)c1-c1cc(C(=O)NC(CC(C)C)c2nc3ccccc3n2C)[nH]n1. The Balaban J connectivity index is 1.63. The van der Waals surface area contributed by atoms with E-state index in [0.717, 1.165) is 45.9 Å². The Kier molecular flexibility index (Phi) is 5.39. The summed E-state index contributed by atoms with van der Waals surface area (Å²) in [4.78, 5) is 17.9. The van der Waals surface area contributed by atoms with E-state index in [-0.39, 0.29) is 11.9 Å². The van der Waals surface area contributed by atoms with Gasteiger partial charge in [0.05, 0.1) is 28.5 Å². The summed E-state index contributed by atoms with van der Waals surface area (Å²) in [5, 5.41) is 14.9. The minimum atomic E-state index is -0.210. The molecule has 3 aromatic heterocycles. The van der Waals surface area contributed by atoms with Crippen LogP contribution in [0.5, 0.6) is 0 Å². The summed E-state index contributed by atoms with van der Waals surface area (Å²) in [6, 6.07) is 9.58. The van der Waals surface area contributed by atoms with E-state index in [9.17, 15) is 4.79 Å². The van der Waals surface area contributed by atoms with Gasteiger partial charge in [0.2, 0.25) is 0 Å². The zero-order valence-corrected chi connectivity index (χ0v) is 18.9. The molecule has 0 saturated carbocycles. The molecule has 0 radical (unpaired) electrons. The Morgan fingerprint density at radius 1 is 1.19 bits per heavy atom. The van der Waals surface area contributed by atoms with Crippen LogP contribution in [0.15, 0.2) is 30.3 Å². The number of imidazole rings is 1. The summed E-state index contributed by atoms with van der Waals surface area (Å²) in [6.45, 7) is 8.23. The van der Waals surface area contributed by atoms with Gasteiger partial charge in [0.1, 0.15) is 11.5 Å². The zero-order chi connectivity index (χ0) is 22.3. The Hall–Kier alpha value is -3.42. The molecule has 4 aromatic rings. The summed E-state index contributed by atoms with van der Waals surface area (Å²) in [5.41, 5.74) is 5.96. The van der Waals surface area contributed by atoms with Gasteiger partial charge < -0.3 is 9.88 Å². The van der Waals surface area contributed by atoms with Crippen molar-refractivity contribution in [3.63, 3.8) is 0 Å². The second-order valence-corrected chi connectivity index (χ2v) is 8.51. The molecule has 0 fully saturated rings. The van der Waals surface area contributed by atoms with E-state index in [2.05, 4.69) is 39.0 Å². The van der Waals surface area contributed by atoms with E-state index >= 15 is 0 Å². The number of aryl methyl sites for hydroxylation is 3. The van der Waals surface area contributed by atoms with Crippen LogP contribution in [0.2, 0.25) is 0 Å². The van der Waals surface area contributed by atoms with Crippen LogP contribution < -0.4 is 5.32 Å². The lowest BCUT2D eigenvalue weighted by Crippen LogP contribution is -2.31. The third kappa shape index (κ3) is 3.85. The first-order valence-corrected chi connectivity index (χ1v) is 10.5. The highest BCUT2D eigenvalue weighted by molar-refractivity contribution is 5.93. The number of aromatic amines is 1. The van der Waals surface area contributed by atoms with Crippen molar-refractivity contribution in [3.05, 3.63) is 53.2 Å². The highest BCUT2D eigenvalue weighted by Crippen LogP contribution is 2.27. The fraction of sp³-hybridized carbons (Fsp3) is 0.391. The number of H-pyrrole nitrogens is 1. The van der Waals surface area contributed by atoms with Crippen molar-refractivity contribution in [1.29, 1.82) is 0 Å². The van der Waals surface area contributed by atoms with Crippen LogP contribution in [-0.4, -0.2) is 35.4 Å². The molecule has 8 nitrogen and oxygen atoms in total. The van der Waals surface area contributed by atoms with Gasteiger partial charge in [-0.15, -0.1) is 0 Å². The molecule has 3 heterocycles. The van der Waals surface area contributed by atoms with Crippen molar-refractivity contribution in [2.45, 2.75) is 40.2 Å². The summed E-state index contributed by atoms with van der Waals surface area (Å²) >= 11 is 0. The first-order valence-electron chi connectivity index (χ1n) is 10.5. The van der Waals surface area contributed by atoms with Crippen LogP contribution in [0.4, 0.5) is 0 Å². The molecular weight excluding hydrogens is 390 g/mol. The zero-order valence-electron chi connectivity index (χ0n) is 18.9. The molecule has 1 unspecified atom stereocenters. The average Bonchev–Trinajstić information content (AvgIpc) is 3.39. The molecule has 0 aliphatic heterocycles. The molecule has 0 aliphatic carbocycles. The number of hydrogen-bond acceptors (Lipinski definition) is 4. The number of hydrogen-bond donors (Lipinski definition) is 2. The van der Waals surface area contributed by atoms with Crippen LogP contribution in [-0.2, 0) is 14.1 Å². The van der Waals surface area contributed by atoms with Gasteiger partial charge in [-0.3, -0.25) is 14.6 Å². The number of benzene rings is 1. The smallest absolute Gasteiger partial charge is 0.269 e. The van der Waals surface area contributed by atoms with Crippen molar-refractivity contribution < 1.29 is 4.79 Å². The van der Waals surface area contributed by atoms with Crippen molar-refractivity contribution in [2.75, 3.05) is 0 Å². The number of carbonyl (C=O) groups is 1. The summed E-state index contributed by atoms with van der Waals surface area (Å²) in [6.07, 6.45) is 0.782. The quantitative estimate of drug-likeness (QED) is 0.497. The van der Waals surface area contributed by atoms with Crippen LogP contribution in [0.3, 0.4) is 0 Å². The number of rotatable bonds is 6. The predicted octanol–water partition coefficient (Wildman–Crippen LogP) is 3.83. The van der Waals surface area contributed by atoms with Crippen molar-refractivity contribution in [3.8, 4) is 11.3 Å². The van der Waals surface area contributed by atoms with Gasteiger partial charge in [-0.05, 0) is 44.4 Å². The molecule has 8 heteroatoms. The second-order valence-electron chi connectivity index (χ2n) is 8.51. The molecule has 162 valence electrons. The lowest BCUT2D eigenvalue weighted by molar-refractivity contribution is 0.0924. The molecule has 31 heavy (non-hydrogen) atoms. The minimum Gasteiger partial charge on any atom is -0.341 e. The highest BCUT2D eigenvalue weighted by Gasteiger charge is 2.24. The van der Waals surface area contributed by atoms with Gasteiger partial charge in [-0.1, -0.05) is 26.0 Å². The topological polar surface area (TPSA) is 93.4 Å². The number of fused-ring (bicyclic) bond motifs is 1. The first-order chi connectivity index (χ1) is 14.8. The number of nitrogens with one attached hydrogen (secondary N) is 2. The maximum atomic E-state index is 13.1. The number of para-hydroxylation sites is 2. The largest absolute Gasteiger partial charge is 0.341 e. The van der Waals surface area contributed by atoms with E-state index in [1.807, 2.05) is 56.9 Å². The van der Waals surface area contributed by atoms with Gasteiger partial charge in [-0.25, -0.2) is 4.98 Å². The Labute approximate surface area is 181 Å². The van der Waals surface area contributed by atoms with Crippen LogP contribution >= 0.6 is 0 Å². The highest BCUT2D eigenvalue weighted by atomic mass is 16.2. The third-order valence-electron chi connectivity index (χ3n) is 5.73. The fourth-order valence-electron chi connectivity index (χ4n) is 4.12. The Bertz CT molecular complexity index is 1240. The third-order valence-corrected chi connectivity index (χ3v) is 5.73. The van der Waals surface area contributed by atoms with E-state index in [0.29, 0.717) is 11.6 Å². The molecule has 0 aliphatic rings. The van der Waals surface area contributed by atoms with Crippen molar-refractivity contribution >= 4 is 16.9 Å². The van der Waals surface area contributed by atoms with Gasteiger partial charge in [0, 0.05) is 25.4 Å². The van der Waals surface area contributed by atoms with E-state index in [1.165, 1.54) is 0 Å². The predicted molar refractivity (Wildman–Crippen MR) is 121 cm³/mol. The molecule has 1 amide bonds. The first kappa shape index (κ1) is 20.8. The molecule has 1 atom stereocenters. The monoisotopic (exact) mass is 419 g/mol. The fourth-order valence-corrected chi connectivity index (χ4v) is 4.12. The maximum absolute atomic E-state index is 13.1. The molecular formula is C23H29N7O. The summed E-state index contributed by atoms with van der Waals surface area (Å²) < 4.78 is 3.88. The van der Waals surface area contributed by atoms with Gasteiger partial charge >= 0.3 is 0 Å². The summed E-state index contributed by atoms with van der Waals surface area (Å²) in [7, 11) is 3.89. The summed E-state index contributed by atoms with van der Waals surface area (Å²) in [5.74, 6) is 1.04. The number of aromatic nitrogens is 6. The molecule has 0 saturated heterocycles. The van der Waals surface area contributed by atoms with E-state index in [4.69, 9.17) is 4.98 Å².